The second kappa shape index (κ2) is 7.82. The topological polar surface area (TPSA) is 110 Å². The van der Waals surface area contributed by atoms with Gasteiger partial charge >= 0.3 is 12.0 Å². The van der Waals surface area contributed by atoms with Crippen LogP contribution in [0.15, 0.2) is 55.2 Å². The molecule has 9 heteroatoms. The Kier molecular flexibility index (Phi) is 4.85. The summed E-state index contributed by atoms with van der Waals surface area (Å²) in [5.41, 5.74) is 1.81. The number of carbonyl (C=O) groups excluding carboxylic acids is 1. The molecule has 1 aromatic carbocycles. The first-order valence-electron chi connectivity index (χ1n) is 10.2. The molecule has 3 aromatic rings. The van der Waals surface area contributed by atoms with E-state index in [0.717, 1.165) is 34.4 Å². The van der Waals surface area contributed by atoms with Crippen molar-refractivity contribution in [3.8, 4) is 16.9 Å². The lowest BCUT2D eigenvalue weighted by atomic mass is 10.0. The summed E-state index contributed by atoms with van der Waals surface area (Å²) in [5, 5.41) is 12.8. The SMILES string of the molecule is O=C(O)c1ccn(C(=O)N2CC3CC(Oc4cccc(-c5cncnc5)c4)C[C@H]3C2)n1. The highest BCUT2D eigenvalue weighted by molar-refractivity contribution is 5.86. The van der Waals surface area contributed by atoms with Crippen molar-refractivity contribution in [2.24, 2.45) is 11.8 Å². The summed E-state index contributed by atoms with van der Waals surface area (Å²) in [7, 11) is 0. The molecule has 0 radical (unpaired) electrons. The Morgan fingerprint density at radius 3 is 2.45 bits per heavy atom. The number of aromatic carboxylic acids is 1. The fourth-order valence-corrected chi connectivity index (χ4v) is 4.58. The van der Waals surface area contributed by atoms with E-state index in [4.69, 9.17) is 9.84 Å². The van der Waals surface area contributed by atoms with Crippen LogP contribution in [-0.4, -0.2) is 60.9 Å². The number of nitrogens with zero attached hydrogens (tertiary/aromatic N) is 5. The Bertz CT molecular complexity index is 1100. The van der Waals surface area contributed by atoms with Crippen molar-refractivity contribution in [3.63, 3.8) is 0 Å². The fraction of sp³-hybridized carbons (Fsp3) is 0.318. The second-order valence-electron chi connectivity index (χ2n) is 8.02. The molecule has 1 N–H and O–H groups in total. The van der Waals surface area contributed by atoms with Crippen LogP contribution < -0.4 is 4.74 Å². The zero-order valence-electron chi connectivity index (χ0n) is 16.7. The number of hydrogen-bond acceptors (Lipinski definition) is 6. The lowest BCUT2D eigenvalue weighted by Crippen LogP contribution is -2.34. The van der Waals surface area contributed by atoms with Crippen LogP contribution in [-0.2, 0) is 0 Å². The Hall–Kier alpha value is -3.75. The van der Waals surface area contributed by atoms with Crippen LogP contribution in [0.4, 0.5) is 4.79 Å². The standard InChI is InChI=1S/C22H21N5O4/c28-21(29)20-4-5-27(25-20)22(30)26-11-15-7-19(8-16(15)12-26)31-18-3-1-2-14(6-18)17-9-23-13-24-10-17/h1-6,9-10,13,15-16,19H,7-8,11-12H2,(H,28,29)/t15-,16?,19?/m0/s1. The third-order valence-corrected chi connectivity index (χ3v) is 6.01. The monoisotopic (exact) mass is 419 g/mol. The molecular weight excluding hydrogens is 398 g/mol. The van der Waals surface area contributed by atoms with E-state index in [1.807, 2.05) is 24.3 Å². The van der Waals surface area contributed by atoms with Crippen LogP contribution in [0, 0.1) is 11.8 Å². The number of carboxylic acid groups (broad SMARTS) is 1. The maximum absolute atomic E-state index is 12.7. The van der Waals surface area contributed by atoms with Gasteiger partial charge in [0.15, 0.2) is 5.69 Å². The molecule has 0 spiro atoms. The molecular formula is C22H21N5O4. The summed E-state index contributed by atoms with van der Waals surface area (Å²) in [5.74, 6) is 0.411. The van der Waals surface area contributed by atoms with Crippen molar-refractivity contribution < 1.29 is 19.4 Å². The smallest absolute Gasteiger partial charge is 0.356 e. The minimum atomic E-state index is -1.14. The molecule has 3 heterocycles. The third-order valence-electron chi connectivity index (χ3n) is 6.01. The summed E-state index contributed by atoms with van der Waals surface area (Å²) in [6.45, 7) is 1.26. The lowest BCUT2D eigenvalue weighted by molar-refractivity contribution is 0.0690. The van der Waals surface area contributed by atoms with Gasteiger partial charge in [-0.1, -0.05) is 12.1 Å². The van der Waals surface area contributed by atoms with Crippen molar-refractivity contribution in [2.45, 2.75) is 18.9 Å². The van der Waals surface area contributed by atoms with Crippen molar-refractivity contribution >= 4 is 12.0 Å². The Labute approximate surface area is 178 Å². The number of rotatable bonds is 4. The van der Waals surface area contributed by atoms with Gasteiger partial charge in [0.25, 0.3) is 0 Å². The van der Waals surface area contributed by atoms with Crippen molar-refractivity contribution in [3.05, 3.63) is 60.9 Å². The molecule has 2 aliphatic rings. The highest BCUT2D eigenvalue weighted by Crippen LogP contribution is 2.40. The summed E-state index contributed by atoms with van der Waals surface area (Å²) in [4.78, 5) is 33.5. The van der Waals surface area contributed by atoms with Crippen molar-refractivity contribution in [1.29, 1.82) is 0 Å². The number of fused-ring (bicyclic) bond motifs is 1. The molecule has 1 amide bonds. The van der Waals surface area contributed by atoms with E-state index < -0.39 is 5.97 Å². The van der Waals surface area contributed by atoms with E-state index in [1.54, 1.807) is 17.3 Å². The Morgan fingerprint density at radius 2 is 1.77 bits per heavy atom. The maximum atomic E-state index is 12.7. The summed E-state index contributed by atoms with van der Waals surface area (Å²) < 4.78 is 7.37. The van der Waals surface area contributed by atoms with Gasteiger partial charge in [0, 0.05) is 37.2 Å². The second-order valence-corrected chi connectivity index (χ2v) is 8.02. The minimum absolute atomic E-state index is 0.109. The molecule has 1 saturated heterocycles. The number of carbonyl (C=O) groups is 2. The van der Waals surface area contributed by atoms with Crippen LogP contribution in [0.3, 0.4) is 0 Å². The Balaban J connectivity index is 1.20. The van der Waals surface area contributed by atoms with Gasteiger partial charge in [-0.15, -0.1) is 0 Å². The molecule has 2 unspecified atom stereocenters. The minimum Gasteiger partial charge on any atom is -0.490 e. The van der Waals surface area contributed by atoms with Crippen LogP contribution in [0.25, 0.3) is 11.1 Å². The summed E-state index contributed by atoms with van der Waals surface area (Å²) >= 11 is 0. The van der Waals surface area contributed by atoms with Crippen molar-refractivity contribution in [1.82, 2.24) is 24.6 Å². The normalized spacial score (nSPS) is 22.3. The number of aromatic nitrogens is 4. The predicted octanol–water partition coefficient (Wildman–Crippen LogP) is 2.80. The summed E-state index contributed by atoms with van der Waals surface area (Å²) in [6.07, 6.45) is 8.33. The number of benzene rings is 1. The first-order chi connectivity index (χ1) is 15.1. The molecule has 9 nitrogen and oxygen atoms in total. The van der Waals surface area contributed by atoms with E-state index in [2.05, 4.69) is 15.1 Å². The molecule has 0 bridgehead atoms. The molecule has 158 valence electrons. The van der Waals surface area contributed by atoms with Gasteiger partial charge in [-0.05, 0) is 48.4 Å². The third kappa shape index (κ3) is 3.86. The first-order valence-corrected chi connectivity index (χ1v) is 10.2. The van der Waals surface area contributed by atoms with Crippen LogP contribution in [0.5, 0.6) is 5.75 Å². The molecule has 2 fully saturated rings. The maximum Gasteiger partial charge on any atom is 0.356 e. The number of hydrogen-bond donors (Lipinski definition) is 1. The largest absolute Gasteiger partial charge is 0.490 e. The van der Waals surface area contributed by atoms with Crippen molar-refractivity contribution in [2.75, 3.05) is 13.1 Å². The zero-order valence-corrected chi connectivity index (χ0v) is 16.7. The van der Waals surface area contributed by atoms with E-state index in [1.165, 1.54) is 18.6 Å². The van der Waals surface area contributed by atoms with Gasteiger partial charge in [0.2, 0.25) is 0 Å². The number of likely N-dealkylation sites (tertiary alicyclic amines) is 1. The number of amides is 1. The number of carboxylic acids is 1. The highest BCUT2D eigenvalue weighted by atomic mass is 16.5. The molecule has 1 saturated carbocycles. The summed E-state index contributed by atoms with van der Waals surface area (Å²) in [6, 6.07) is 8.97. The highest BCUT2D eigenvalue weighted by Gasteiger charge is 2.43. The number of ether oxygens (including phenoxy) is 1. The molecule has 31 heavy (non-hydrogen) atoms. The molecule has 2 aromatic heterocycles. The predicted molar refractivity (Wildman–Crippen MR) is 110 cm³/mol. The first kappa shape index (κ1) is 19.2. The fourth-order valence-electron chi connectivity index (χ4n) is 4.58. The Morgan fingerprint density at radius 1 is 1.03 bits per heavy atom. The van der Waals surface area contributed by atoms with Gasteiger partial charge in [-0.2, -0.15) is 9.78 Å². The van der Waals surface area contributed by atoms with Gasteiger partial charge in [-0.25, -0.2) is 19.6 Å². The van der Waals surface area contributed by atoms with Gasteiger partial charge in [-0.3, -0.25) is 0 Å². The van der Waals surface area contributed by atoms with E-state index in [-0.39, 0.29) is 17.8 Å². The van der Waals surface area contributed by atoms with Gasteiger partial charge in [0.05, 0.1) is 6.10 Å². The quantitative estimate of drug-likeness (QED) is 0.692. The van der Waals surface area contributed by atoms with Gasteiger partial charge < -0.3 is 14.7 Å². The van der Waals surface area contributed by atoms with Crippen LogP contribution >= 0.6 is 0 Å². The average molecular weight is 419 g/mol. The zero-order chi connectivity index (χ0) is 21.4. The average Bonchev–Trinajstić information content (AvgIpc) is 3.49. The molecule has 5 rings (SSSR count). The van der Waals surface area contributed by atoms with Crippen LogP contribution in [0.1, 0.15) is 23.3 Å². The molecule has 1 aliphatic heterocycles. The van der Waals surface area contributed by atoms with Gasteiger partial charge in [0.1, 0.15) is 12.1 Å². The molecule has 3 atom stereocenters. The van der Waals surface area contributed by atoms with E-state index in [0.29, 0.717) is 24.9 Å². The van der Waals surface area contributed by atoms with E-state index in [9.17, 15) is 9.59 Å². The van der Waals surface area contributed by atoms with E-state index >= 15 is 0 Å². The molecule has 1 aliphatic carbocycles. The lowest BCUT2D eigenvalue weighted by Gasteiger charge is -2.20. The van der Waals surface area contributed by atoms with Crippen LogP contribution in [0.2, 0.25) is 0 Å².